The van der Waals surface area contributed by atoms with Crippen molar-refractivity contribution >= 4 is 28.8 Å². The molecule has 3 heterocycles. The van der Waals surface area contributed by atoms with E-state index in [1.807, 2.05) is 30.3 Å². The highest BCUT2D eigenvalue weighted by Gasteiger charge is 2.27. The number of aromatic nitrogens is 3. The Morgan fingerprint density at radius 3 is 2.62 bits per heavy atom. The number of rotatable bonds is 5. The van der Waals surface area contributed by atoms with Gasteiger partial charge in [-0.2, -0.15) is 0 Å². The van der Waals surface area contributed by atoms with Gasteiger partial charge in [0.15, 0.2) is 0 Å². The number of pyridine rings is 1. The van der Waals surface area contributed by atoms with Gasteiger partial charge in [0.25, 0.3) is 11.5 Å². The quantitative estimate of drug-likeness (QED) is 0.354. The number of anilines is 4. The molecule has 0 unspecified atom stereocenters. The molecule has 0 radical (unpaired) electrons. The second kappa shape index (κ2) is 10.3. The van der Waals surface area contributed by atoms with E-state index in [0.29, 0.717) is 41.4 Å². The van der Waals surface area contributed by atoms with E-state index in [1.54, 1.807) is 36.5 Å². The number of nitrogens with one attached hydrogen (secondary N) is 2. The first kappa shape index (κ1) is 26.1. The minimum absolute atomic E-state index is 0.0406. The number of carbonyl (C=O) groups is 1. The molecule has 0 bridgehead atoms. The second-order valence-electron chi connectivity index (χ2n) is 10.6. The Balaban J connectivity index is 1.56. The topological polar surface area (TPSA) is 112 Å². The molecule has 0 saturated heterocycles. The first-order chi connectivity index (χ1) is 18.7. The van der Waals surface area contributed by atoms with E-state index in [9.17, 15) is 14.7 Å². The van der Waals surface area contributed by atoms with Gasteiger partial charge < -0.3 is 25.2 Å². The number of carbonyl (C=O) groups excluding carboxylic acids is 1. The zero-order valence-corrected chi connectivity index (χ0v) is 22.5. The molecule has 0 spiro atoms. The molecule has 5 rings (SSSR count). The third kappa shape index (κ3) is 5.13. The molecule has 9 nitrogen and oxygen atoms in total. The average molecular weight is 525 g/mol. The molecule has 1 aliphatic rings. The monoisotopic (exact) mass is 524 g/mol. The van der Waals surface area contributed by atoms with Gasteiger partial charge in [0.1, 0.15) is 17.8 Å². The van der Waals surface area contributed by atoms with Crippen molar-refractivity contribution in [3.8, 4) is 11.1 Å². The van der Waals surface area contributed by atoms with Crippen molar-refractivity contribution in [3.05, 3.63) is 94.3 Å². The molecular formula is C30H32N6O3. The third-order valence-electron chi connectivity index (χ3n) is 6.95. The van der Waals surface area contributed by atoms with Crippen molar-refractivity contribution < 1.29 is 9.90 Å². The number of nitrogens with zero attached hydrogens (tertiary/aromatic N) is 4. The number of hydrogen-bond acceptors (Lipinski definition) is 7. The fourth-order valence-electron chi connectivity index (χ4n) is 4.84. The van der Waals surface area contributed by atoms with Gasteiger partial charge in [-0.1, -0.05) is 39.0 Å². The fraction of sp³-hybridized carbons (Fsp3) is 0.267. The lowest BCUT2D eigenvalue weighted by molar-refractivity contribution is 0.0990. The Bertz CT molecular complexity index is 1590. The van der Waals surface area contributed by atoms with Crippen molar-refractivity contribution in [1.29, 1.82) is 0 Å². The highest BCUT2D eigenvalue weighted by molar-refractivity contribution is 6.11. The van der Waals surface area contributed by atoms with Crippen LogP contribution in [0.1, 0.15) is 42.3 Å². The lowest BCUT2D eigenvalue weighted by Gasteiger charge is -2.25. The smallest absolute Gasteiger partial charge is 0.274 e. The van der Waals surface area contributed by atoms with Gasteiger partial charge >= 0.3 is 0 Å². The standard InChI is InChI=1S/C30H32N6O3/c1-30(2,3)20-8-9-22-24(15-20)32-12-13-36(28(22)38)26-7-5-6-21(23(26)17-37)19-14-25(29(39)35(4)16-19)34-27-10-11-31-18-33-27/h5-11,14-16,18,32,37H,12-13,17H2,1-4H3,(H,31,33,34). The summed E-state index contributed by atoms with van der Waals surface area (Å²) in [6, 6.07) is 14.9. The number of aryl methyl sites for hydroxylation is 1. The van der Waals surface area contributed by atoms with E-state index in [1.165, 1.54) is 10.9 Å². The van der Waals surface area contributed by atoms with Gasteiger partial charge in [-0.15, -0.1) is 0 Å². The molecule has 4 aromatic rings. The molecule has 3 N–H and O–H groups in total. The molecule has 0 aliphatic carbocycles. The van der Waals surface area contributed by atoms with Crippen LogP contribution in [0, 0.1) is 0 Å². The molecule has 9 heteroatoms. The molecule has 2 aromatic heterocycles. The van der Waals surface area contributed by atoms with Crippen LogP contribution in [-0.4, -0.2) is 38.6 Å². The van der Waals surface area contributed by atoms with Gasteiger partial charge in [0.05, 0.1) is 17.9 Å². The number of aliphatic hydroxyl groups excluding tert-OH is 1. The summed E-state index contributed by atoms with van der Waals surface area (Å²) in [5.74, 6) is 0.361. The highest BCUT2D eigenvalue weighted by Crippen LogP contribution is 2.35. The Morgan fingerprint density at radius 2 is 1.90 bits per heavy atom. The minimum Gasteiger partial charge on any atom is -0.392 e. The van der Waals surface area contributed by atoms with Crippen LogP contribution in [0.3, 0.4) is 0 Å². The van der Waals surface area contributed by atoms with Crippen molar-refractivity contribution in [2.24, 2.45) is 7.05 Å². The van der Waals surface area contributed by atoms with E-state index < -0.39 is 0 Å². The summed E-state index contributed by atoms with van der Waals surface area (Å²) in [6.45, 7) is 7.15. The van der Waals surface area contributed by atoms with E-state index in [2.05, 4.69) is 47.4 Å². The Labute approximate surface area is 227 Å². The predicted octanol–water partition coefficient (Wildman–Crippen LogP) is 4.45. The first-order valence-corrected chi connectivity index (χ1v) is 12.8. The predicted molar refractivity (Wildman–Crippen MR) is 154 cm³/mol. The minimum atomic E-state index is -0.282. The van der Waals surface area contributed by atoms with Gasteiger partial charge in [0.2, 0.25) is 0 Å². The van der Waals surface area contributed by atoms with Crippen molar-refractivity contribution in [1.82, 2.24) is 14.5 Å². The Hall–Kier alpha value is -4.50. The summed E-state index contributed by atoms with van der Waals surface area (Å²) in [4.78, 5) is 36.4. The molecule has 39 heavy (non-hydrogen) atoms. The first-order valence-electron chi connectivity index (χ1n) is 12.8. The van der Waals surface area contributed by atoms with Gasteiger partial charge in [0, 0.05) is 49.3 Å². The number of benzene rings is 2. The van der Waals surface area contributed by atoms with Crippen molar-refractivity contribution in [2.45, 2.75) is 32.8 Å². The van der Waals surface area contributed by atoms with Crippen LogP contribution in [0.4, 0.5) is 22.9 Å². The van der Waals surface area contributed by atoms with Crippen LogP contribution in [0.5, 0.6) is 0 Å². The van der Waals surface area contributed by atoms with Crippen LogP contribution in [0.15, 0.2) is 72.0 Å². The molecule has 2 aromatic carbocycles. The Morgan fingerprint density at radius 1 is 1.08 bits per heavy atom. The van der Waals surface area contributed by atoms with Gasteiger partial charge in [-0.05, 0) is 46.9 Å². The molecule has 0 atom stereocenters. The van der Waals surface area contributed by atoms with E-state index in [4.69, 9.17) is 0 Å². The second-order valence-corrected chi connectivity index (χ2v) is 10.6. The van der Waals surface area contributed by atoms with E-state index >= 15 is 0 Å². The Kier molecular flexibility index (Phi) is 6.93. The summed E-state index contributed by atoms with van der Waals surface area (Å²) < 4.78 is 1.48. The van der Waals surface area contributed by atoms with E-state index in [-0.39, 0.29) is 23.5 Å². The number of fused-ring (bicyclic) bond motifs is 1. The zero-order chi connectivity index (χ0) is 27.7. The third-order valence-corrected chi connectivity index (χ3v) is 6.95. The normalized spacial score (nSPS) is 13.5. The van der Waals surface area contributed by atoms with Crippen molar-refractivity contribution in [3.63, 3.8) is 0 Å². The van der Waals surface area contributed by atoms with E-state index in [0.717, 1.165) is 22.4 Å². The molecule has 200 valence electrons. The SMILES string of the molecule is Cn1cc(-c2cccc(N3CCNc4cc(C(C)(C)C)ccc4C3=O)c2CO)cc(Nc2ccncn2)c1=O. The summed E-state index contributed by atoms with van der Waals surface area (Å²) in [5, 5.41) is 17.0. The summed E-state index contributed by atoms with van der Waals surface area (Å²) in [7, 11) is 1.67. The van der Waals surface area contributed by atoms with Gasteiger partial charge in [-0.25, -0.2) is 9.97 Å². The number of amides is 1. The summed E-state index contributed by atoms with van der Waals surface area (Å²) >= 11 is 0. The van der Waals surface area contributed by atoms with Crippen LogP contribution in [0.25, 0.3) is 11.1 Å². The average Bonchev–Trinajstić information content (AvgIpc) is 3.09. The maximum Gasteiger partial charge on any atom is 0.274 e. The van der Waals surface area contributed by atoms with Crippen molar-refractivity contribution in [2.75, 3.05) is 28.6 Å². The summed E-state index contributed by atoms with van der Waals surface area (Å²) in [5.41, 5.74) is 5.31. The molecular weight excluding hydrogens is 492 g/mol. The largest absolute Gasteiger partial charge is 0.392 e. The van der Waals surface area contributed by atoms with Crippen LogP contribution in [0.2, 0.25) is 0 Å². The van der Waals surface area contributed by atoms with Crippen LogP contribution in [-0.2, 0) is 19.1 Å². The molecule has 1 amide bonds. The fourth-order valence-corrected chi connectivity index (χ4v) is 4.84. The maximum absolute atomic E-state index is 13.8. The summed E-state index contributed by atoms with van der Waals surface area (Å²) in [6.07, 6.45) is 4.71. The molecule has 0 saturated carbocycles. The lowest BCUT2D eigenvalue weighted by Crippen LogP contribution is -2.33. The van der Waals surface area contributed by atoms with Gasteiger partial charge in [-0.3, -0.25) is 9.59 Å². The van der Waals surface area contributed by atoms with Crippen LogP contribution < -0.4 is 21.1 Å². The molecule has 0 fully saturated rings. The zero-order valence-electron chi connectivity index (χ0n) is 22.5. The van der Waals surface area contributed by atoms with Crippen LogP contribution >= 0.6 is 0 Å². The number of aliphatic hydroxyl groups is 1. The highest BCUT2D eigenvalue weighted by atomic mass is 16.3. The number of hydrogen-bond donors (Lipinski definition) is 3. The lowest BCUT2D eigenvalue weighted by atomic mass is 9.86. The maximum atomic E-state index is 13.8. The molecule has 1 aliphatic heterocycles.